The molecule has 141 heavy (non-hydrogen) atoms. The van der Waals surface area contributed by atoms with Gasteiger partial charge in [-0.3, -0.25) is 77.5 Å². The van der Waals surface area contributed by atoms with Crippen molar-refractivity contribution in [2.75, 3.05) is 101 Å². The second kappa shape index (κ2) is 55.6. The van der Waals surface area contributed by atoms with Gasteiger partial charge in [0.05, 0.1) is 81.8 Å². The van der Waals surface area contributed by atoms with Crippen molar-refractivity contribution in [2.24, 2.45) is 23.3 Å². The number of methoxy groups -OCH3 is 2. The number of carboxylic acids is 4. The highest BCUT2D eigenvalue weighted by atomic mass is 35.5. The molecule has 4 bridgehead atoms. The van der Waals surface area contributed by atoms with E-state index in [1.165, 1.54) is 44.9 Å². The van der Waals surface area contributed by atoms with Crippen LogP contribution in [0.1, 0.15) is 163 Å². The number of aliphatic carboxylic acids is 4. The van der Waals surface area contributed by atoms with Gasteiger partial charge in [-0.05, 0) is 90.8 Å². The van der Waals surface area contributed by atoms with Crippen molar-refractivity contribution in [1.82, 2.24) is 52.8 Å². The third kappa shape index (κ3) is 37.1. The number of nitrogens with one attached hydrogen (secondary N) is 12. The molecular weight excluding hydrogens is 1970 g/mol. The summed E-state index contributed by atoms with van der Waals surface area (Å²) in [5.41, 5.74) is 7.44. The molecule has 10 amide bonds. The van der Waals surface area contributed by atoms with Crippen LogP contribution in [0.15, 0.2) is 40.8 Å². The van der Waals surface area contributed by atoms with E-state index in [0.717, 1.165) is 51.3 Å². The van der Waals surface area contributed by atoms with Gasteiger partial charge in [-0.25, -0.2) is 40.2 Å². The number of hydrogen-bond donors (Lipinski definition) is 20. The summed E-state index contributed by atoms with van der Waals surface area (Å²) in [6.45, 7) is 7.49. The van der Waals surface area contributed by atoms with Crippen LogP contribution in [0.25, 0.3) is 0 Å². The SMILES string of the molecule is COc1cc2cc(c1Cl)N(C)C(=O)CC(OC(=O)C(C)N(C)C(=O)CCC(C)(C)SSC[C@H](NC(=O)[C@H](CC(=O)O)NC(=O)[C@@H](N)CNC(=O)C(CC(=O)O)NC(=O)C(CCCNC(=N)N)NC(=O)C(CC(=O)O)CC(=O)NCOCCOCCNC(=O)CCS(=O)(=O)c1c(F)c(F)c(NS(=O)O)c(F)c1NC1CCCCCCC1)C(=O)O)C1(C)OC1C(C)C1CC(O)(NC(=O)O1)C(OC)/C=C/C=C(/C)C2. The summed E-state index contributed by atoms with van der Waals surface area (Å²) in [4.78, 5) is 201. The van der Waals surface area contributed by atoms with Crippen molar-refractivity contribution in [3.63, 3.8) is 0 Å². The number of epoxide rings is 1. The van der Waals surface area contributed by atoms with E-state index >= 15 is 13.2 Å². The molecule has 12 unspecified atom stereocenters. The first-order valence-corrected chi connectivity index (χ1v) is 50.2. The molecule has 3 fully saturated rings. The van der Waals surface area contributed by atoms with Crippen LogP contribution in [0.5, 0.6) is 5.75 Å². The van der Waals surface area contributed by atoms with E-state index < -0.39 is 308 Å². The number of sulfone groups is 1. The van der Waals surface area contributed by atoms with Gasteiger partial charge in [0, 0.05) is 89.0 Å². The monoisotopic (exact) mass is 2100 g/mol. The van der Waals surface area contributed by atoms with Crippen LogP contribution in [0, 0.1) is 34.7 Å². The lowest BCUT2D eigenvalue weighted by atomic mass is 9.83. The van der Waals surface area contributed by atoms with E-state index in [4.69, 9.17) is 61.6 Å². The van der Waals surface area contributed by atoms with Gasteiger partial charge in [-0.1, -0.05) is 96.0 Å². The Morgan fingerprint density at radius 3 is 2.04 bits per heavy atom. The summed E-state index contributed by atoms with van der Waals surface area (Å²) in [5, 5.41) is 82.3. The van der Waals surface area contributed by atoms with Crippen LogP contribution in [0.3, 0.4) is 0 Å². The van der Waals surface area contributed by atoms with Crippen LogP contribution in [0.4, 0.5) is 35.0 Å². The second-order valence-electron chi connectivity index (χ2n) is 34.9. The molecule has 22 N–H and O–H groups in total. The summed E-state index contributed by atoms with van der Waals surface area (Å²) in [5.74, 6) is -27.1. The van der Waals surface area contributed by atoms with Crippen LogP contribution in [-0.2, 0) is 123 Å². The van der Waals surface area contributed by atoms with Gasteiger partial charge in [0.15, 0.2) is 39.0 Å². The number of carbonyl (C=O) groups is 15. The number of amides is 10. The first-order chi connectivity index (χ1) is 66.2. The average Bonchev–Trinajstić information content (AvgIpc) is 1.57. The number of likely N-dealkylation sites (N-methyl/N-ethyl adjacent to an activating group) is 1. The molecule has 788 valence electrons. The number of carboxylic acid groups (broad SMARTS) is 4. The van der Waals surface area contributed by atoms with Gasteiger partial charge in [-0.2, -0.15) is 0 Å². The lowest BCUT2D eigenvalue weighted by Gasteiger charge is -2.42. The van der Waals surface area contributed by atoms with Crippen LogP contribution in [-0.4, -0.2) is 311 Å². The van der Waals surface area contributed by atoms with Gasteiger partial charge in [0.1, 0.15) is 88.2 Å². The summed E-state index contributed by atoms with van der Waals surface area (Å²) >= 11 is 3.75. The number of nitrogens with two attached hydrogens (primary N) is 2. The van der Waals surface area contributed by atoms with E-state index in [2.05, 4.69) is 53.2 Å². The summed E-state index contributed by atoms with van der Waals surface area (Å²) in [6, 6.07) is -7.99. The minimum atomic E-state index is -4.98. The van der Waals surface area contributed by atoms with E-state index in [1.54, 1.807) is 58.1 Å². The fourth-order valence-electron chi connectivity index (χ4n) is 15.3. The molecule has 15 atom stereocenters. The van der Waals surface area contributed by atoms with Crippen molar-refractivity contribution < 1.29 is 161 Å². The number of aliphatic hydroxyl groups is 1. The molecule has 2 aromatic carbocycles. The van der Waals surface area contributed by atoms with E-state index in [0.29, 0.717) is 37.7 Å². The Morgan fingerprint density at radius 1 is 0.794 bits per heavy atom. The Hall–Kier alpha value is -11.0. The van der Waals surface area contributed by atoms with Crippen LogP contribution in [0.2, 0.25) is 5.02 Å². The van der Waals surface area contributed by atoms with Gasteiger partial charge >= 0.3 is 35.9 Å². The minimum absolute atomic E-state index is 0.0912. The first-order valence-electron chi connectivity index (χ1n) is 44.8. The van der Waals surface area contributed by atoms with Crippen molar-refractivity contribution in [1.29, 1.82) is 5.41 Å². The number of fused-ring (bicyclic) bond motifs is 5. The molecule has 0 aromatic heterocycles. The molecule has 1 aliphatic carbocycles. The fourth-order valence-corrected chi connectivity index (χ4v) is 20.2. The Morgan fingerprint density at radius 2 is 1.41 bits per heavy atom. The highest BCUT2D eigenvalue weighted by molar-refractivity contribution is 8.77. The Kier molecular flexibility index (Phi) is 46.8. The topological polar surface area (TPSA) is 711 Å². The molecule has 0 spiro atoms. The number of halogens is 4. The number of hydrogen-bond acceptors (Lipinski definition) is 31. The predicted octanol–water partition coefficient (Wildman–Crippen LogP) is 2.19. The lowest BCUT2D eigenvalue weighted by molar-refractivity contribution is -0.162. The number of guanidine groups is 1. The molecule has 3 aliphatic heterocycles. The molecule has 47 nitrogen and oxygen atoms in total. The summed E-state index contributed by atoms with van der Waals surface area (Å²) in [7, 11) is 2.64. The number of allylic oxidation sites excluding steroid dienone is 3. The predicted molar refractivity (Wildman–Crippen MR) is 505 cm³/mol. The number of carbonyl (C=O) groups excluding carboxylic acids is 11. The zero-order valence-electron chi connectivity index (χ0n) is 79.3. The third-order valence-corrected chi connectivity index (χ3v) is 29.3. The van der Waals surface area contributed by atoms with Gasteiger partial charge in [-0.15, -0.1) is 0 Å². The number of rotatable bonds is 52. The maximum Gasteiger partial charge on any atom is 0.409 e. The second-order valence-corrected chi connectivity index (χ2v) is 41.1. The molecular formula is C86H126ClF3N16O31S4. The number of anilines is 3. The molecule has 0 radical (unpaired) electrons. The van der Waals surface area contributed by atoms with E-state index in [1.807, 2.05) is 6.92 Å². The summed E-state index contributed by atoms with van der Waals surface area (Å²) < 4.78 is 135. The summed E-state index contributed by atoms with van der Waals surface area (Å²) in [6.07, 6.45) is -1.55. The number of esters is 1. The zero-order valence-corrected chi connectivity index (χ0v) is 83.3. The van der Waals surface area contributed by atoms with Crippen molar-refractivity contribution >= 4 is 166 Å². The Bertz CT molecular complexity index is 5050. The van der Waals surface area contributed by atoms with E-state index in [-0.39, 0.29) is 81.5 Å². The quantitative estimate of drug-likeness (QED) is 0.00519. The molecule has 2 saturated heterocycles. The normalized spacial score (nSPS) is 21.4. The number of alkyl carbamates (subject to hydrolysis) is 1. The highest BCUT2D eigenvalue weighted by Gasteiger charge is 2.65. The molecule has 4 aliphatic rings. The van der Waals surface area contributed by atoms with Gasteiger partial charge in [0.2, 0.25) is 53.2 Å². The third-order valence-electron chi connectivity index (χ3n) is 23.4. The highest BCUT2D eigenvalue weighted by Crippen LogP contribution is 2.50. The van der Waals surface area contributed by atoms with Crippen LogP contribution >= 0.6 is 33.2 Å². The van der Waals surface area contributed by atoms with E-state index in [9.17, 15) is 115 Å². The zero-order chi connectivity index (χ0) is 105. The van der Waals surface area contributed by atoms with Gasteiger partial charge in [0.25, 0.3) is 11.3 Å². The van der Waals surface area contributed by atoms with Crippen LogP contribution < -0.4 is 79.0 Å². The standard InChI is InChI=1S/C86H126ClF3N16O31S4/c1-44-18-16-22-58(132-10)86(126)40-57(135-83(125)103-86)45(2)74-85(6,137-74)59(39-63(110)106(8)55-33-47(32-44)34-56(131-9)67(55)87)136-81(124)46(3)105(7)62(109)23-25-84(4,5)139-138-42-54(80(122)123)102-79(121)53(38-66(115)116)100-76(118)50(91)41-96-77(119)52(37-65(113)114)101-78(120)51(21-17-26-95-82(92)93)99-75(117)48(36-64(111)112)35-61(108)97-43-134-30-29-133-28-27-94-60(107)24-31-141(129,130)73-69(89)68(88)71(104-140(127)128)70(90)72(73)98-49-19-14-12-11-13-15-20-49/h16,18,22,33-34,45-46,48-54,57-59,74,98,104,126H,11-15,17,19-21,23-32,35-43,91H2,1-10H3,(H,94,107)(H,96,119)(H,97,108)(H,99,117)(H,100,118)(H,101,120)(H,102,121)(H,103,125)(H,111,112)(H,113,114)(H,115,116)(H,122,123)(H,127,128)(H4,92,93,95)/b22-16+,44-18-/t45?,46?,48?,50-,51?,52?,53-,54-,57?,58?,59?,74?,85?,86?/m0/s1. The smallest absolute Gasteiger partial charge is 0.409 e. The maximum atomic E-state index is 15.8. The molecule has 6 rings (SSSR count). The first kappa shape index (κ1) is 119. The number of nitrogens with zero attached hydrogens (tertiary/aromatic N) is 2. The van der Waals surface area contributed by atoms with Crippen molar-refractivity contribution in [2.45, 2.75) is 251 Å². The average molecular weight is 2100 g/mol. The molecule has 3 heterocycles. The Balaban J connectivity index is 0.983. The van der Waals surface area contributed by atoms with Crippen molar-refractivity contribution in [3.8, 4) is 5.75 Å². The Labute approximate surface area is 826 Å². The molecule has 55 heteroatoms. The fraction of sp³-hybridized carbons (Fsp3) is 0.628. The number of benzene rings is 2. The van der Waals surface area contributed by atoms with Crippen molar-refractivity contribution in [3.05, 3.63) is 64.0 Å². The number of ether oxygens (including phenoxy) is 7. The lowest BCUT2D eigenvalue weighted by Crippen LogP contribution is -2.63. The molecule has 1 saturated carbocycles. The maximum absolute atomic E-state index is 15.8. The minimum Gasteiger partial charge on any atom is -0.495 e. The largest absolute Gasteiger partial charge is 0.495 e. The molecule has 2 aromatic rings. The van der Waals surface area contributed by atoms with Gasteiger partial charge < -0.3 is 128 Å².